The zero-order chi connectivity index (χ0) is 34.4. The Hall–Kier alpha value is -3.00. The number of aliphatic hydroxyl groups is 1. The number of aliphatic hydroxyl groups excluding tert-OH is 1. The fraction of sp³-hybridized carbons (Fsp3) is 0.439. The molecule has 6 nitrogen and oxygen atoms in total. The van der Waals surface area contributed by atoms with Crippen molar-refractivity contribution in [1.29, 1.82) is 0 Å². The summed E-state index contributed by atoms with van der Waals surface area (Å²) in [5.74, 6) is -0.0625. The number of rotatable bonds is 9. The number of carbonyl (C=O) groups excluding carboxylic acids is 1. The molecule has 5 heterocycles. The van der Waals surface area contributed by atoms with Gasteiger partial charge in [-0.1, -0.05) is 102 Å². The molecule has 2 aliphatic heterocycles. The van der Waals surface area contributed by atoms with Crippen LogP contribution in [0, 0.1) is 35.6 Å². The molecule has 1 radical (unpaired) electrons. The van der Waals surface area contributed by atoms with E-state index in [4.69, 9.17) is 25.0 Å². The Morgan fingerprint density at radius 1 is 0.542 bits per heavy atom. The Morgan fingerprint density at radius 2 is 0.792 bits per heavy atom. The van der Waals surface area contributed by atoms with E-state index in [9.17, 15) is 4.79 Å². The summed E-state index contributed by atoms with van der Waals surface area (Å²) < 4.78 is 0. The first kappa shape index (κ1) is 39.4. The van der Waals surface area contributed by atoms with Gasteiger partial charge in [-0.3, -0.25) is 4.79 Å². The van der Waals surface area contributed by atoms with E-state index in [1.54, 1.807) is 0 Å². The van der Waals surface area contributed by atoms with Gasteiger partial charge in [0.1, 0.15) is 0 Å². The molecule has 3 aromatic heterocycles. The number of aryl methyl sites for hydroxylation is 4. The minimum absolute atomic E-state index is 0. The van der Waals surface area contributed by atoms with E-state index in [1.807, 2.05) is 0 Å². The van der Waals surface area contributed by atoms with Gasteiger partial charge in [-0.15, -0.1) is 22.1 Å². The molecule has 8 bridgehead atoms. The van der Waals surface area contributed by atoms with Crippen LogP contribution in [0.3, 0.4) is 0 Å². The molecular weight excluding hydrogens is 719 g/mol. The molecule has 1 N–H and O–H groups in total. The molecule has 48 heavy (non-hydrogen) atoms. The van der Waals surface area contributed by atoms with Crippen LogP contribution in [-0.4, -0.2) is 20.9 Å². The average Bonchev–Trinajstić information content (AvgIpc) is 3.75. The van der Waals surface area contributed by atoms with Crippen LogP contribution in [0.4, 0.5) is 0 Å². The van der Waals surface area contributed by atoms with E-state index >= 15 is 0 Å². The van der Waals surface area contributed by atoms with Gasteiger partial charge in [0.15, 0.2) is 5.78 Å². The predicted octanol–water partition coefficient (Wildman–Crippen LogP) is 10.3. The molecule has 7 heteroatoms. The third-order valence-electron chi connectivity index (χ3n) is 9.23. The maximum absolute atomic E-state index is 10.0. The van der Waals surface area contributed by atoms with Crippen molar-refractivity contribution in [3.05, 3.63) is 81.1 Å². The monoisotopic (exact) mass is 771 g/mol. The van der Waals surface area contributed by atoms with Crippen LogP contribution in [0.25, 0.3) is 44.4 Å². The van der Waals surface area contributed by atoms with Crippen molar-refractivity contribution in [2.45, 2.75) is 121 Å². The minimum atomic E-state index is -0.125. The molecule has 0 unspecified atom stereocenters. The van der Waals surface area contributed by atoms with Gasteiger partial charge in [0.05, 0.1) is 28.5 Å². The largest absolute Gasteiger partial charge is 0.657 e. The molecule has 0 aromatic carbocycles. The van der Waals surface area contributed by atoms with E-state index in [-0.39, 0.29) is 47.1 Å². The molecule has 0 aliphatic carbocycles. The summed E-state index contributed by atoms with van der Waals surface area (Å²) in [5, 5.41) is 8.36. The Morgan fingerprint density at radius 3 is 0.938 bits per heavy atom. The van der Waals surface area contributed by atoms with Crippen molar-refractivity contribution in [2.75, 3.05) is 0 Å². The number of hydrogen-bond donors (Lipinski definition) is 1. The van der Waals surface area contributed by atoms with Crippen molar-refractivity contribution < 1.29 is 45.5 Å². The van der Waals surface area contributed by atoms with Crippen LogP contribution in [-0.2, 0) is 30.5 Å². The molecule has 0 atom stereocenters. The molecule has 0 saturated carbocycles. The quantitative estimate of drug-likeness (QED) is 0.172. The molecule has 253 valence electrons. The molecule has 0 saturated heterocycles. The van der Waals surface area contributed by atoms with E-state index in [1.165, 1.54) is 64.5 Å². The Bertz CT molecular complexity index is 1680. The smallest absolute Gasteiger partial charge is 0.155 e. The third kappa shape index (κ3) is 8.06. The van der Waals surface area contributed by atoms with Crippen LogP contribution in [0.5, 0.6) is 0 Å². The van der Waals surface area contributed by atoms with Crippen molar-refractivity contribution in [3.8, 4) is 0 Å². The topological polar surface area (TPSA) is 91.3 Å². The third-order valence-corrected chi connectivity index (χ3v) is 9.23. The number of hydrogen-bond acceptors (Lipinski definition) is 4. The van der Waals surface area contributed by atoms with Gasteiger partial charge < -0.3 is 15.1 Å². The standard InChI is InChI=1S/C36H44N4.C5H8O2.La/c1-9-21-22(10-2)30-18-32-25(13-5)26(14-6)34(39-32)20-36-28(16-8)27(15-7)35(40-36)19-33-24(12-4)23(11-3)31(38-33)17-29(21)37-30;1-4(6)3-5(2)7;/h17-20H,9-16H2,1-8H3;3,6H,1-2H3;/q-2;;/b;4-3-;. The van der Waals surface area contributed by atoms with Crippen molar-refractivity contribution >= 4 is 50.1 Å². The Balaban J connectivity index is 0.000000706. The number of fused-ring (bicyclic) bond motifs is 8. The van der Waals surface area contributed by atoms with Crippen molar-refractivity contribution in [3.63, 3.8) is 0 Å². The Kier molecular flexibility index (Phi) is 14.5. The summed E-state index contributed by atoms with van der Waals surface area (Å²) >= 11 is 0. The Labute approximate surface area is 315 Å². The minimum Gasteiger partial charge on any atom is -0.657 e. The van der Waals surface area contributed by atoms with Crippen molar-refractivity contribution in [1.82, 2.24) is 19.9 Å². The summed E-state index contributed by atoms with van der Waals surface area (Å²) in [6.07, 6.45) is 8.77. The van der Waals surface area contributed by atoms with Gasteiger partial charge >= 0.3 is 0 Å². The SMILES string of the molecule is CC(=O)/C=C(/C)O.CCC1=C(CC)c2cc3[n-]c(cc4nc(cc5[n-]c(cc1n2)c(CC)c5CC)C(CC)=C4CC)c(CC)c3CC.[La]. The number of nitrogens with zero attached hydrogens (tertiary/aromatic N) is 4. The summed E-state index contributed by atoms with van der Waals surface area (Å²) in [6.45, 7) is 20.8. The summed E-state index contributed by atoms with van der Waals surface area (Å²) in [5.41, 5.74) is 19.1. The van der Waals surface area contributed by atoms with E-state index in [0.29, 0.717) is 0 Å². The summed E-state index contributed by atoms with van der Waals surface area (Å²) in [7, 11) is 0. The fourth-order valence-electron chi connectivity index (χ4n) is 7.22. The zero-order valence-electron chi connectivity index (χ0n) is 30.8. The van der Waals surface area contributed by atoms with Gasteiger partial charge in [0, 0.05) is 41.7 Å². The van der Waals surface area contributed by atoms with Gasteiger partial charge in [-0.05, 0) is 87.5 Å². The molecule has 5 rings (SSSR count). The molecule has 3 aromatic rings. The van der Waals surface area contributed by atoms with Gasteiger partial charge in [0.25, 0.3) is 0 Å². The van der Waals surface area contributed by atoms with Gasteiger partial charge in [-0.2, -0.15) is 0 Å². The molecule has 0 amide bonds. The predicted molar refractivity (Wildman–Crippen MR) is 198 cm³/mol. The zero-order valence-corrected chi connectivity index (χ0v) is 34.4. The van der Waals surface area contributed by atoms with E-state index in [0.717, 1.165) is 96.2 Å². The maximum atomic E-state index is 10.0. The second-order valence-corrected chi connectivity index (χ2v) is 12.2. The number of carbonyl (C=O) groups is 1. The van der Waals surface area contributed by atoms with Crippen LogP contribution in [0.1, 0.15) is 140 Å². The summed E-state index contributed by atoms with van der Waals surface area (Å²) in [4.78, 5) is 31.0. The number of allylic oxidation sites excluding steroid dienone is 6. The van der Waals surface area contributed by atoms with Crippen LogP contribution >= 0.6 is 0 Å². The number of ketones is 1. The van der Waals surface area contributed by atoms with Crippen LogP contribution in [0.2, 0.25) is 0 Å². The van der Waals surface area contributed by atoms with E-state index < -0.39 is 0 Å². The normalized spacial score (nSPS) is 13.0. The maximum Gasteiger partial charge on any atom is 0.155 e. The second kappa shape index (κ2) is 17.6. The fourth-order valence-corrected chi connectivity index (χ4v) is 7.22. The molecule has 0 spiro atoms. The van der Waals surface area contributed by atoms with Gasteiger partial charge in [-0.25, -0.2) is 9.97 Å². The first-order valence-electron chi connectivity index (χ1n) is 17.6. The molecule has 0 fully saturated rings. The number of aromatic nitrogens is 4. The van der Waals surface area contributed by atoms with E-state index in [2.05, 4.69) is 79.7 Å². The van der Waals surface area contributed by atoms with Gasteiger partial charge in [0.2, 0.25) is 0 Å². The molecular formula is C41H52LaN4O2-2. The average molecular weight is 772 g/mol. The first-order valence-corrected chi connectivity index (χ1v) is 17.6. The second-order valence-electron chi connectivity index (χ2n) is 12.2. The molecule has 2 aliphatic rings. The summed E-state index contributed by atoms with van der Waals surface area (Å²) in [6, 6.07) is 8.98. The van der Waals surface area contributed by atoms with Crippen LogP contribution in [0.15, 0.2) is 36.1 Å². The van der Waals surface area contributed by atoms with Crippen LogP contribution < -0.4 is 9.97 Å². The van der Waals surface area contributed by atoms with Crippen molar-refractivity contribution in [2.24, 2.45) is 0 Å². The first-order chi connectivity index (χ1) is 22.6.